The van der Waals surface area contributed by atoms with Gasteiger partial charge in [-0.15, -0.1) is 0 Å². The molecule has 6 heteroatoms. The molecule has 1 aliphatic carbocycles. The van der Waals surface area contributed by atoms with Crippen LogP contribution < -0.4 is 11.1 Å². The lowest BCUT2D eigenvalue weighted by Gasteiger charge is -2.12. The highest BCUT2D eigenvalue weighted by Crippen LogP contribution is 2.25. The van der Waals surface area contributed by atoms with Gasteiger partial charge in [-0.25, -0.2) is 4.68 Å². The number of nitrogens with one attached hydrogen (secondary N) is 1. The first kappa shape index (κ1) is 14.7. The maximum Gasteiger partial charge on any atom is 0.228 e. The standard InChI is InChI=1S/C16H21N5O/c1-11-8-15(19-16(22)12-5-6-13(17)9-12)21(20-11)10-14-4-2-3-7-18-14/h2-4,7-8,12-13H,5-6,9-10,17H2,1H3,(H,19,22)/t12-,13-/m1/s1. The number of pyridine rings is 1. The number of amides is 1. The quantitative estimate of drug-likeness (QED) is 0.899. The zero-order valence-electron chi connectivity index (χ0n) is 12.7. The summed E-state index contributed by atoms with van der Waals surface area (Å²) >= 11 is 0. The van der Waals surface area contributed by atoms with Gasteiger partial charge in [-0.05, 0) is 38.3 Å². The van der Waals surface area contributed by atoms with Gasteiger partial charge >= 0.3 is 0 Å². The molecule has 2 atom stereocenters. The normalized spacial score (nSPS) is 21.0. The summed E-state index contributed by atoms with van der Waals surface area (Å²) in [5.41, 5.74) is 7.66. The fourth-order valence-electron chi connectivity index (χ4n) is 2.89. The van der Waals surface area contributed by atoms with Crippen LogP contribution in [0.4, 0.5) is 5.82 Å². The molecule has 1 saturated carbocycles. The van der Waals surface area contributed by atoms with Crippen LogP contribution in [0.3, 0.4) is 0 Å². The van der Waals surface area contributed by atoms with Crippen LogP contribution >= 0.6 is 0 Å². The summed E-state index contributed by atoms with van der Waals surface area (Å²) in [5.74, 6) is 0.761. The molecule has 2 heterocycles. The molecular weight excluding hydrogens is 278 g/mol. The second kappa shape index (κ2) is 6.27. The van der Waals surface area contributed by atoms with E-state index in [1.807, 2.05) is 31.2 Å². The highest BCUT2D eigenvalue weighted by atomic mass is 16.2. The van der Waals surface area contributed by atoms with Crippen molar-refractivity contribution in [2.75, 3.05) is 5.32 Å². The molecule has 1 fully saturated rings. The number of nitrogens with zero attached hydrogens (tertiary/aromatic N) is 3. The largest absolute Gasteiger partial charge is 0.328 e. The molecule has 0 spiro atoms. The number of carbonyl (C=O) groups is 1. The number of hydrogen-bond acceptors (Lipinski definition) is 4. The average molecular weight is 299 g/mol. The first-order valence-electron chi connectivity index (χ1n) is 7.62. The molecule has 116 valence electrons. The molecule has 3 N–H and O–H groups in total. The second-order valence-electron chi connectivity index (χ2n) is 5.91. The lowest BCUT2D eigenvalue weighted by atomic mass is 10.1. The van der Waals surface area contributed by atoms with E-state index in [0.29, 0.717) is 12.4 Å². The molecule has 6 nitrogen and oxygen atoms in total. The molecule has 22 heavy (non-hydrogen) atoms. The van der Waals surface area contributed by atoms with E-state index >= 15 is 0 Å². The van der Waals surface area contributed by atoms with Crippen LogP contribution in [0.2, 0.25) is 0 Å². The second-order valence-corrected chi connectivity index (χ2v) is 5.91. The van der Waals surface area contributed by atoms with Gasteiger partial charge in [-0.3, -0.25) is 9.78 Å². The Labute approximate surface area is 129 Å². The maximum atomic E-state index is 12.4. The topological polar surface area (TPSA) is 85.8 Å². The first-order valence-corrected chi connectivity index (χ1v) is 7.62. The van der Waals surface area contributed by atoms with Gasteiger partial charge in [-0.1, -0.05) is 6.07 Å². The number of aryl methyl sites for hydroxylation is 1. The van der Waals surface area contributed by atoms with Crippen molar-refractivity contribution in [2.24, 2.45) is 11.7 Å². The monoisotopic (exact) mass is 299 g/mol. The highest BCUT2D eigenvalue weighted by Gasteiger charge is 2.28. The summed E-state index contributed by atoms with van der Waals surface area (Å²) in [5, 5.41) is 7.43. The molecule has 0 bridgehead atoms. The van der Waals surface area contributed by atoms with Gasteiger partial charge in [0.2, 0.25) is 5.91 Å². The Morgan fingerprint density at radius 1 is 1.45 bits per heavy atom. The van der Waals surface area contributed by atoms with Crippen LogP contribution in [0.25, 0.3) is 0 Å². The number of hydrogen-bond donors (Lipinski definition) is 2. The van der Waals surface area contributed by atoms with Crippen LogP contribution in [-0.4, -0.2) is 26.7 Å². The van der Waals surface area contributed by atoms with Crippen LogP contribution in [0.1, 0.15) is 30.7 Å². The molecule has 2 aromatic heterocycles. The third-order valence-electron chi connectivity index (χ3n) is 4.04. The van der Waals surface area contributed by atoms with Crippen LogP contribution in [0, 0.1) is 12.8 Å². The number of nitrogens with two attached hydrogens (primary N) is 1. The molecule has 0 aromatic carbocycles. The third-order valence-corrected chi connectivity index (χ3v) is 4.04. The van der Waals surface area contributed by atoms with E-state index in [-0.39, 0.29) is 17.9 Å². The van der Waals surface area contributed by atoms with Crippen molar-refractivity contribution in [1.82, 2.24) is 14.8 Å². The molecule has 0 radical (unpaired) electrons. The lowest BCUT2D eigenvalue weighted by molar-refractivity contribution is -0.119. The van der Waals surface area contributed by atoms with Crippen LogP contribution in [0.5, 0.6) is 0 Å². The molecule has 1 aliphatic rings. The summed E-state index contributed by atoms with van der Waals surface area (Å²) in [7, 11) is 0. The molecule has 3 rings (SSSR count). The van der Waals surface area contributed by atoms with Crippen LogP contribution in [-0.2, 0) is 11.3 Å². The number of anilines is 1. The molecule has 0 aliphatic heterocycles. The van der Waals surface area contributed by atoms with E-state index in [1.165, 1.54) is 0 Å². The summed E-state index contributed by atoms with van der Waals surface area (Å²) in [6.45, 7) is 2.45. The Balaban J connectivity index is 1.72. The molecule has 2 aromatic rings. The zero-order chi connectivity index (χ0) is 15.5. The minimum Gasteiger partial charge on any atom is -0.328 e. The van der Waals surface area contributed by atoms with Crippen molar-refractivity contribution in [3.05, 3.63) is 41.9 Å². The summed E-state index contributed by atoms with van der Waals surface area (Å²) in [6, 6.07) is 7.80. The van der Waals surface area contributed by atoms with Gasteiger partial charge in [-0.2, -0.15) is 5.10 Å². The van der Waals surface area contributed by atoms with Crippen molar-refractivity contribution in [3.63, 3.8) is 0 Å². The molecule has 1 amide bonds. The van der Waals surface area contributed by atoms with Gasteiger partial charge < -0.3 is 11.1 Å². The van der Waals surface area contributed by atoms with E-state index in [0.717, 1.165) is 30.7 Å². The summed E-state index contributed by atoms with van der Waals surface area (Å²) in [6.07, 6.45) is 4.30. The van der Waals surface area contributed by atoms with E-state index in [4.69, 9.17) is 5.73 Å². The third kappa shape index (κ3) is 3.33. The van der Waals surface area contributed by atoms with E-state index in [9.17, 15) is 4.79 Å². The lowest BCUT2D eigenvalue weighted by Crippen LogP contribution is -2.24. The zero-order valence-corrected chi connectivity index (χ0v) is 12.7. The Morgan fingerprint density at radius 2 is 2.32 bits per heavy atom. The number of rotatable bonds is 4. The molecular formula is C16H21N5O. The predicted octanol–water partition coefficient (Wildman–Crippen LogP) is 1.70. The molecule has 0 saturated heterocycles. The van der Waals surface area contributed by atoms with Gasteiger partial charge in [0.1, 0.15) is 5.82 Å². The van der Waals surface area contributed by atoms with Crippen molar-refractivity contribution in [1.29, 1.82) is 0 Å². The van der Waals surface area contributed by atoms with E-state index in [2.05, 4.69) is 15.4 Å². The Kier molecular flexibility index (Phi) is 4.20. The van der Waals surface area contributed by atoms with Gasteiger partial charge in [0.15, 0.2) is 0 Å². The van der Waals surface area contributed by atoms with Crippen LogP contribution in [0.15, 0.2) is 30.5 Å². The van der Waals surface area contributed by atoms with Crippen molar-refractivity contribution < 1.29 is 4.79 Å². The summed E-state index contributed by atoms with van der Waals surface area (Å²) < 4.78 is 1.78. The minimum absolute atomic E-state index is 0.00788. The van der Waals surface area contributed by atoms with Crippen molar-refractivity contribution in [2.45, 2.75) is 38.8 Å². The van der Waals surface area contributed by atoms with E-state index < -0.39 is 0 Å². The molecule has 0 unspecified atom stereocenters. The van der Waals surface area contributed by atoms with Crippen molar-refractivity contribution >= 4 is 11.7 Å². The van der Waals surface area contributed by atoms with E-state index in [1.54, 1.807) is 10.9 Å². The fraction of sp³-hybridized carbons (Fsp3) is 0.438. The summed E-state index contributed by atoms with van der Waals surface area (Å²) in [4.78, 5) is 16.7. The smallest absolute Gasteiger partial charge is 0.228 e. The van der Waals surface area contributed by atoms with Crippen molar-refractivity contribution in [3.8, 4) is 0 Å². The Bertz CT molecular complexity index is 652. The van der Waals surface area contributed by atoms with Gasteiger partial charge in [0.05, 0.1) is 17.9 Å². The predicted molar refractivity (Wildman–Crippen MR) is 84.2 cm³/mol. The number of carbonyl (C=O) groups excluding carboxylic acids is 1. The Hall–Kier alpha value is -2.21. The SMILES string of the molecule is Cc1cc(NC(=O)[C@@H]2CC[C@@H](N)C2)n(Cc2ccccn2)n1. The van der Waals surface area contributed by atoms with Gasteiger partial charge in [0, 0.05) is 24.2 Å². The van der Waals surface area contributed by atoms with Gasteiger partial charge in [0.25, 0.3) is 0 Å². The first-order chi connectivity index (χ1) is 10.6. The maximum absolute atomic E-state index is 12.4. The Morgan fingerprint density at radius 3 is 3.00 bits per heavy atom. The number of aromatic nitrogens is 3. The minimum atomic E-state index is 0.00788. The fourth-order valence-corrected chi connectivity index (χ4v) is 2.89. The highest BCUT2D eigenvalue weighted by molar-refractivity contribution is 5.92. The average Bonchev–Trinajstić information content (AvgIpc) is 3.07.